The summed E-state index contributed by atoms with van der Waals surface area (Å²) in [5.74, 6) is 2.44. The van der Waals surface area contributed by atoms with Crippen LogP contribution in [0.5, 0.6) is 11.5 Å². The molecule has 3 atom stereocenters. The number of nitrogens with zero attached hydrogens (tertiary/aromatic N) is 2. The molecule has 3 aromatic carbocycles. The Balaban J connectivity index is 0.00000302. The number of nitrogens with one attached hydrogen (secondary N) is 1. The molecule has 2 saturated carbocycles. The summed E-state index contributed by atoms with van der Waals surface area (Å²) in [6.45, 7) is 0.380. The van der Waals surface area contributed by atoms with Crippen molar-refractivity contribution in [2.24, 2.45) is 11.8 Å². The maximum absolute atomic E-state index is 13.0. The molecule has 0 radical (unpaired) electrons. The van der Waals surface area contributed by atoms with E-state index in [-0.39, 0.29) is 17.8 Å². The molecule has 6 nitrogen and oxygen atoms in total. The molecule has 2 aliphatic carbocycles. The quantitative estimate of drug-likeness (QED) is 0.208. The smallest absolute Gasteiger partial charge is 0.417 e. The van der Waals surface area contributed by atoms with E-state index in [4.69, 9.17) is 14.5 Å². The molecule has 7 rings (SSSR count). The third kappa shape index (κ3) is 5.27. The highest BCUT2D eigenvalue weighted by Crippen LogP contribution is 2.61. The molecule has 8 heteroatoms. The Morgan fingerprint density at radius 1 is 1.00 bits per heavy atom. The van der Waals surface area contributed by atoms with Gasteiger partial charge in [0.2, 0.25) is 0 Å². The third-order valence-corrected chi connectivity index (χ3v) is 9.39. The van der Waals surface area contributed by atoms with Crippen LogP contribution in [0.4, 0.5) is 10.5 Å². The van der Waals surface area contributed by atoms with Crippen LogP contribution in [0.15, 0.2) is 97.3 Å². The third-order valence-electron chi connectivity index (χ3n) is 8.38. The summed E-state index contributed by atoms with van der Waals surface area (Å²) in [6.07, 6.45) is 7.37. The molecule has 5 aromatic rings. The summed E-state index contributed by atoms with van der Waals surface area (Å²) < 4.78 is 13.5. The van der Waals surface area contributed by atoms with Crippen molar-refractivity contribution >= 4 is 45.7 Å². The van der Waals surface area contributed by atoms with E-state index in [2.05, 4.69) is 52.8 Å². The van der Waals surface area contributed by atoms with Crippen molar-refractivity contribution in [2.45, 2.75) is 37.7 Å². The normalized spacial score (nSPS) is 20.9. The molecule has 41 heavy (non-hydrogen) atoms. The number of para-hydroxylation sites is 1. The lowest BCUT2D eigenvalue weighted by molar-refractivity contribution is 0.212. The van der Waals surface area contributed by atoms with Crippen LogP contribution in [0, 0.1) is 11.8 Å². The Bertz CT molecular complexity index is 1630. The van der Waals surface area contributed by atoms with E-state index in [9.17, 15) is 4.79 Å². The van der Waals surface area contributed by atoms with Gasteiger partial charge in [-0.1, -0.05) is 48.9 Å². The highest BCUT2D eigenvalue weighted by molar-refractivity contribution is 7.18. The van der Waals surface area contributed by atoms with Gasteiger partial charge in [0.15, 0.2) is 0 Å². The summed E-state index contributed by atoms with van der Waals surface area (Å²) in [6, 6.07) is 28.2. The van der Waals surface area contributed by atoms with Crippen LogP contribution in [0.1, 0.15) is 41.8 Å². The van der Waals surface area contributed by atoms with E-state index in [1.54, 1.807) is 35.9 Å². The Kier molecular flexibility index (Phi) is 7.65. The summed E-state index contributed by atoms with van der Waals surface area (Å²) in [5.41, 5.74) is 3.60. The summed E-state index contributed by atoms with van der Waals surface area (Å²) in [5, 5.41) is 3.73. The number of benzene rings is 3. The van der Waals surface area contributed by atoms with Crippen LogP contribution in [0.25, 0.3) is 10.2 Å². The lowest BCUT2D eigenvalue weighted by Gasteiger charge is -2.40. The molecule has 0 aliphatic heterocycles. The van der Waals surface area contributed by atoms with Crippen molar-refractivity contribution in [3.8, 4) is 11.5 Å². The maximum Gasteiger partial charge on any atom is 0.417 e. The van der Waals surface area contributed by atoms with Crippen LogP contribution >= 0.6 is 23.7 Å². The van der Waals surface area contributed by atoms with Crippen LogP contribution in [0.2, 0.25) is 0 Å². The van der Waals surface area contributed by atoms with E-state index in [0.29, 0.717) is 29.9 Å². The van der Waals surface area contributed by atoms with Gasteiger partial charge in [-0.15, -0.1) is 23.7 Å². The number of rotatable bonds is 7. The summed E-state index contributed by atoms with van der Waals surface area (Å²) in [4.78, 5) is 21.8. The van der Waals surface area contributed by atoms with Crippen molar-refractivity contribution in [3.63, 3.8) is 0 Å². The number of thiazole rings is 1. The van der Waals surface area contributed by atoms with E-state index in [1.807, 2.05) is 30.3 Å². The molecule has 208 valence electrons. The van der Waals surface area contributed by atoms with Gasteiger partial charge in [-0.3, -0.25) is 10.3 Å². The predicted molar refractivity (Wildman–Crippen MR) is 164 cm³/mol. The van der Waals surface area contributed by atoms with E-state index < -0.39 is 6.09 Å². The SMILES string of the molecule is Cl.O=C(Nc1cccnc1)Oc1ccc(OCc2nc3ccccc3s2)cc1C1(c2ccccc2)CC2CCC1C2. The topological polar surface area (TPSA) is 73.3 Å². The minimum Gasteiger partial charge on any atom is -0.486 e. The zero-order valence-electron chi connectivity index (χ0n) is 22.4. The Morgan fingerprint density at radius 3 is 2.61 bits per heavy atom. The number of hydrogen-bond acceptors (Lipinski definition) is 6. The average molecular weight is 584 g/mol. The summed E-state index contributed by atoms with van der Waals surface area (Å²) in [7, 11) is 0. The van der Waals surface area contributed by atoms with Gasteiger partial charge in [0.05, 0.1) is 22.1 Å². The molecule has 0 spiro atoms. The zero-order valence-corrected chi connectivity index (χ0v) is 24.0. The van der Waals surface area contributed by atoms with Gasteiger partial charge >= 0.3 is 6.09 Å². The van der Waals surface area contributed by atoms with Gasteiger partial charge in [0.25, 0.3) is 0 Å². The lowest BCUT2D eigenvalue weighted by atomic mass is 9.64. The molecule has 1 N–H and O–H groups in total. The lowest BCUT2D eigenvalue weighted by Crippen LogP contribution is -2.35. The minimum atomic E-state index is -0.538. The van der Waals surface area contributed by atoms with Crippen LogP contribution in [0.3, 0.4) is 0 Å². The fourth-order valence-electron chi connectivity index (χ4n) is 6.75. The Labute approximate surface area is 249 Å². The van der Waals surface area contributed by atoms with Gasteiger partial charge in [-0.25, -0.2) is 9.78 Å². The number of pyridine rings is 1. The molecular weight excluding hydrogens is 554 g/mol. The maximum atomic E-state index is 13.0. The monoisotopic (exact) mass is 583 g/mol. The van der Waals surface area contributed by atoms with Crippen LogP contribution < -0.4 is 14.8 Å². The molecule has 2 aliphatic rings. The van der Waals surface area contributed by atoms with Crippen molar-refractivity contribution in [1.82, 2.24) is 9.97 Å². The first-order valence-corrected chi connectivity index (χ1v) is 14.6. The predicted octanol–water partition coefficient (Wildman–Crippen LogP) is 8.41. The Morgan fingerprint density at radius 2 is 1.85 bits per heavy atom. The number of halogens is 1. The summed E-state index contributed by atoms with van der Waals surface area (Å²) >= 11 is 1.65. The largest absolute Gasteiger partial charge is 0.486 e. The van der Waals surface area contributed by atoms with Gasteiger partial charge in [0, 0.05) is 17.2 Å². The van der Waals surface area contributed by atoms with Gasteiger partial charge in [-0.2, -0.15) is 0 Å². The highest BCUT2D eigenvalue weighted by atomic mass is 35.5. The molecule has 2 aromatic heterocycles. The molecule has 1 amide bonds. The van der Waals surface area contributed by atoms with Crippen molar-refractivity contribution in [3.05, 3.63) is 113 Å². The molecule has 0 saturated heterocycles. The molecule has 2 fully saturated rings. The molecule has 3 unspecified atom stereocenters. The zero-order chi connectivity index (χ0) is 26.9. The number of ether oxygens (including phenoxy) is 2. The fraction of sp³-hybridized carbons (Fsp3) is 0.242. The van der Waals surface area contributed by atoms with Crippen LogP contribution in [-0.2, 0) is 12.0 Å². The number of carbonyl (C=O) groups excluding carboxylic acids is 1. The minimum absolute atomic E-state index is 0. The second-order valence-electron chi connectivity index (χ2n) is 10.7. The average Bonchev–Trinajstić information content (AvgIpc) is 3.73. The highest BCUT2D eigenvalue weighted by Gasteiger charge is 2.54. The number of carbonyl (C=O) groups is 1. The first-order valence-electron chi connectivity index (χ1n) is 13.7. The van der Waals surface area contributed by atoms with E-state index >= 15 is 0 Å². The van der Waals surface area contributed by atoms with E-state index in [1.165, 1.54) is 18.4 Å². The number of anilines is 1. The molecule has 2 heterocycles. The fourth-order valence-corrected chi connectivity index (χ4v) is 7.63. The number of aromatic nitrogens is 2. The standard InChI is InChI=1S/C33H29N3O3S.ClH/c37-32(35-25-9-6-16-34-20-25)39-29-15-14-26(38-21-31-36-28-10-4-5-11-30(28)40-31)18-27(29)33(23-7-2-1-3-8-23)19-22-12-13-24(33)17-22;/h1-11,14-16,18,20,22,24H,12-13,17,19,21H2,(H,35,37);1H. The van der Waals surface area contributed by atoms with E-state index in [0.717, 1.165) is 39.4 Å². The number of fused-ring (bicyclic) bond motifs is 3. The van der Waals surface area contributed by atoms with Gasteiger partial charge in [-0.05, 0) is 79.1 Å². The second kappa shape index (κ2) is 11.5. The van der Waals surface area contributed by atoms with Crippen molar-refractivity contribution in [1.29, 1.82) is 0 Å². The van der Waals surface area contributed by atoms with Crippen molar-refractivity contribution < 1.29 is 14.3 Å². The first kappa shape index (κ1) is 27.2. The second-order valence-corrected chi connectivity index (χ2v) is 11.8. The molecule has 2 bridgehead atoms. The first-order chi connectivity index (χ1) is 19.7. The molecular formula is C33H30ClN3O3S. The number of amides is 1. The van der Waals surface area contributed by atoms with Crippen molar-refractivity contribution in [2.75, 3.05) is 5.32 Å². The van der Waals surface area contributed by atoms with Gasteiger partial charge < -0.3 is 9.47 Å². The number of hydrogen-bond donors (Lipinski definition) is 1. The van der Waals surface area contributed by atoms with Crippen LogP contribution in [-0.4, -0.2) is 16.1 Å². The Hall–Kier alpha value is -3.94. The van der Waals surface area contributed by atoms with Gasteiger partial charge in [0.1, 0.15) is 23.1 Å².